The Balaban J connectivity index is 4.36. The van der Waals surface area contributed by atoms with Crippen molar-refractivity contribution in [3.8, 4) is 0 Å². The van der Waals surface area contributed by atoms with Crippen LogP contribution in [-0.4, -0.2) is 37.2 Å². The minimum Gasteiger partial charge on any atom is -0.462 e. The largest absolute Gasteiger partial charge is 0.462 e. The van der Waals surface area contributed by atoms with Gasteiger partial charge in [0.1, 0.15) is 13.2 Å². The van der Waals surface area contributed by atoms with Crippen molar-refractivity contribution in [2.45, 2.75) is 316 Å². The van der Waals surface area contributed by atoms with Crippen LogP contribution in [0.5, 0.6) is 0 Å². The molecule has 0 rings (SSSR count). The van der Waals surface area contributed by atoms with Crippen LogP contribution in [0.1, 0.15) is 310 Å². The molecule has 0 saturated heterocycles. The number of allylic oxidation sites excluding steroid dienone is 10. The Labute approximate surface area is 434 Å². The lowest BCUT2D eigenvalue weighted by Crippen LogP contribution is -2.30. The average molecular weight is 980 g/mol. The summed E-state index contributed by atoms with van der Waals surface area (Å²) >= 11 is 0. The molecular formula is C64H114O6. The summed E-state index contributed by atoms with van der Waals surface area (Å²) in [7, 11) is 0. The van der Waals surface area contributed by atoms with Crippen molar-refractivity contribution >= 4 is 17.9 Å². The normalized spacial score (nSPS) is 12.4. The zero-order valence-electron chi connectivity index (χ0n) is 46.5. The number of carbonyl (C=O) groups excluding carboxylic acids is 3. The third kappa shape index (κ3) is 56.0. The summed E-state index contributed by atoms with van der Waals surface area (Å²) in [4.78, 5) is 38.2. The highest BCUT2D eigenvalue weighted by molar-refractivity contribution is 5.71. The first kappa shape index (κ1) is 67.1. The Morgan fingerprint density at radius 3 is 0.957 bits per heavy atom. The molecule has 1 atom stereocenters. The Kier molecular flexibility index (Phi) is 56.3. The van der Waals surface area contributed by atoms with Gasteiger partial charge in [0, 0.05) is 19.3 Å². The fourth-order valence-corrected chi connectivity index (χ4v) is 8.75. The van der Waals surface area contributed by atoms with Gasteiger partial charge in [-0.05, 0) is 70.6 Å². The van der Waals surface area contributed by atoms with Crippen LogP contribution >= 0.6 is 0 Å². The molecule has 6 heteroatoms. The van der Waals surface area contributed by atoms with E-state index in [1.807, 2.05) is 6.08 Å². The zero-order valence-corrected chi connectivity index (χ0v) is 46.5. The van der Waals surface area contributed by atoms with Crippen LogP contribution in [0.25, 0.3) is 0 Å². The summed E-state index contributed by atoms with van der Waals surface area (Å²) in [6, 6.07) is 0. The zero-order chi connectivity index (χ0) is 50.7. The van der Waals surface area contributed by atoms with Gasteiger partial charge >= 0.3 is 17.9 Å². The van der Waals surface area contributed by atoms with E-state index in [1.54, 1.807) is 0 Å². The van der Waals surface area contributed by atoms with Gasteiger partial charge < -0.3 is 14.2 Å². The fourth-order valence-electron chi connectivity index (χ4n) is 8.75. The van der Waals surface area contributed by atoms with Gasteiger partial charge in [-0.1, -0.05) is 281 Å². The third-order valence-electron chi connectivity index (χ3n) is 13.3. The molecule has 0 aliphatic heterocycles. The van der Waals surface area contributed by atoms with Crippen molar-refractivity contribution in [1.29, 1.82) is 0 Å². The van der Waals surface area contributed by atoms with E-state index in [9.17, 15) is 14.4 Å². The summed E-state index contributed by atoms with van der Waals surface area (Å²) in [5, 5.41) is 0. The van der Waals surface area contributed by atoms with Crippen LogP contribution < -0.4 is 0 Å². The van der Waals surface area contributed by atoms with Crippen molar-refractivity contribution in [2.75, 3.05) is 13.2 Å². The standard InChI is InChI=1S/C64H114O6/c1-4-7-10-13-16-19-22-25-27-29-31-33-34-36-39-42-45-48-51-54-57-63(66)69-60-61(59-68-62(65)56-53-50-47-44-41-38-24-21-18-15-12-9-6-3)70-64(67)58-55-52-49-46-43-40-37-35-32-30-28-26-23-20-17-14-11-8-5-2/h9,12,18,21,26,28,38,41,47,50,61H,4-8,10-11,13-17,19-20,22-25,27,29-37,39-40,42-46,48-49,51-60H2,1-3H3/b12-9-,21-18-,28-26-,41-38-,50-47-. The van der Waals surface area contributed by atoms with E-state index in [-0.39, 0.29) is 37.5 Å². The second-order valence-corrected chi connectivity index (χ2v) is 20.2. The van der Waals surface area contributed by atoms with Crippen LogP contribution in [-0.2, 0) is 28.6 Å². The maximum Gasteiger partial charge on any atom is 0.306 e. The highest BCUT2D eigenvalue weighted by atomic mass is 16.6. The lowest BCUT2D eigenvalue weighted by molar-refractivity contribution is -0.166. The second kappa shape index (κ2) is 58.7. The molecule has 0 spiro atoms. The van der Waals surface area contributed by atoms with E-state index in [0.29, 0.717) is 19.3 Å². The Morgan fingerprint density at radius 1 is 0.300 bits per heavy atom. The van der Waals surface area contributed by atoms with Crippen LogP contribution in [0.3, 0.4) is 0 Å². The predicted molar refractivity (Wildman–Crippen MR) is 302 cm³/mol. The Morgan fingerprint density at radius 2 is 0.586 bits per heavy atom. The van der Waals surface area contributed by atoms with E-state index in [1.165, 1.54) is 199 Å². The molecular weight excluding hydrogens is 865 g/mol. The molecule has 0 heterocycles. The number of ether oxygens (including phenoxy) is 3. The topological polar surface area (TPSA) is 78.9 Å². The predicted octanol–water partition coefficient (Wildman–Crippen LogP) is 20.4. The van der Waals surface area contributed by atoms with Crippen molar-refractivity contribution in [1.82, 2.24) is 0 Å². The first-order chi connectivity index (χ1) is 34.5. The van der Waals surface area contributed by atoms with Gasteiger partial charge in [0.2, 0.25) is 0 Å². The molecule has 0 aromatic heterocycles. The van der Waals surface area contributed by atoms with E-state index < -0.39 is 6.10 Å². The van der Waals surface area contributed by atoms with E-state index in [0.717, 1.165) is 64.2 Å². The molecule has 0 aromatic carbocycles. The van der Waals surface area contributed by atoms with Gasteiger partial charge in [0.25, 0.3) is 0 Å². The number of hydrogen-bond donors (Lipinski definition) is 0. The summed E-state index contributed by atoms with van der Waals surface area (Å²) in [5.74, 6) is -0.966. The van der Waals surface area contributed by atoms with Gasteiger partial charge in [0.15, 0.2) is 6.10 Å². The molecule has 0 aliphatic carbocycles. The molecule has 0 bridgehead atoms. The van der Waals surface area contributed by atoms with Crippen LogP contribution in [0, 0.1) is 0 Å². The highest BCUT2D eigenvalue weighted by Crippen LogP contribution is 2.17. The minimum absolute atomic E-state index is 0.0939. The molecule has 1 unspecified atom stereocenters. The van der Waals surface area contributed by atoms with Gasteiger partial charge in [-0.2, -0.15) is 0 Å². The molecule has 6 nitrogen and oxygen atoms in total. The first-order valence-corrected chi connectivity index (χ1v) is 30.3. The number of carbonyl (C=O) groups is 3. The first-order valence-electron chi connectivity index (χ1n) is 30.3. The van der Waals surface area contributed by atoms with Gasteiger partial charge in [-0.3, -0.25) is 14.4 Å². The summed E-state index contributed by atoms with van der Waals surface area (Å²) in [6.07, 6.45) is 73.8. The second-order valence-electron chi connectivity index (χ2n) is 20.2. The minimum atomic E-state index is -0.802. The summed E-state index contributed by atoms with van der Waals surface area (Å²) < 4.78 is 16.8. The van der Waals surface area contributed by atoms with Crippen molar-refractivity contribution in [2.24, 2.45) is 0 Å². The monoisotopic (exact) mass is 979 g/mol. The molecule has 406 valence electrons. The number of unbranched alkanes of at least 4 members (excludes halogenated alkanes) is 34. The van der Waals surface area contributed by atoms with Gasteiger partial charge in [-0.15, -0.1) is 0 Å². The van der Waals surface area contributed by atoms with Crippen LogP contribution in [0.15, 0.2) is 60.8 Å². The molecule has 70 heavy (non-hydrogen) atoms. The molecule has 0 aromatic rings. The average Bonchev–Trinajstić information content (AvgIpc) is 3.36. The van der Waals surface area contributed by atoms with Crippen molar-refractivity contribution in [3.05, 3.63) is 60.8 Å². The molecule has 0 fully saturated rings. The highest BCUT2D eigenvalue weighted by Gasteiger charge is 2.19. The number of hydrogen-bond acceptors (Lipinski definition) is 6. The van der Waals surface area contributed by atoms with Crippen LogP contribution in [0.2, 0.25) is 0 Å². The van der Waals surface area contributed by atoms with E-state index in [4.69, 9.17) is 14.2 Å². The molecule has 0 radical (unpaired) electrons. The lowest BCUT2D eigenvalue weighted by Gasteiger charge is -2.18. The quantitative estimate of drug-likeness (QED) is 0.0261. The maximum atomic E-state index is 12.9. The molecule has 0 amide bonds. The van der Waals surface area contributed by atoms with E-state index >= 15 is 0 Å². The van der Waals surface area contributed by atoms with Gasteiger partial charge in [0.05, 0.1) is 0 Å². The maximum absolute atomic E-state index is 12.9. The fraction of sp³-hybridized carbons (Fsp3) is 0.797. The van der Waals surface area contributed by atoms with Crippen molar-refractivity contribution in [3.63, 3.8) is 0 Å². The smallest absolute Gasteiger partial charge is 0.306 e. The molecule has 0 saturated carbocycles. The van der Waals surface area contributed by atoms with E-state index in [2.05, 4.69) is 75.5 Å². The third-order valence-corrected chi connectivity index (χ3v) is 13.3. The lowest BCUT2D eigenvalue weighted by atomic mass is 10.0. The van der Waals surface area contributed by atoms with Gasteiger partial charge in [-0.25, -0.2) is 0 Å². The Bertz CT molecular complexity index is 1260. The number of esters is 3. The molecule has 0 N–H and O–H groups in total. The SMILES string of the molecule is CC/C=C\C/C=C\C/C=C\C/C=C\CCC(=O)OCC(COC(=O)CCCCCCCCCCCCCCCCCCCCCC)OC(=O)CCCCCCCCCCC/C=C\CCCCCCCC. The summed E-state index contributed by atoms with van der Waals surface area (Å²) in [6.45, 7) is 6.50. The molecule has 0 aliphatic rings. The van der Waals surface area contributed by atoms with Crippen molar-refractivity contribution < 1.29 is 28.6 Å². The Hall–Kier alpha value is -2.89. The summed E-state index contributed by atoms with van der Waals surface area (Å²) in [5.41, 5.74) is 0. The number of rotatable bonds is 55. The van der Waals surface area contributed by atoms with Crippen LogP contribution in [0.4, 0.5) is 0 Å².